The van der Waals surface area contributed by atoms with Gasteiger partial charge in [0.2, 0.25) is 0 Å². The first-order valence-corrected chi connectivity index (χ1v) is 9.87. The number of halogens is 2. The van der Waals surface area contributed by atoms with Crippen LogP contribution in [0.4, 0.5) is 0 Å². The maximum atomic E-state index is 12.0. The first-order valence-electron chi connectivity index (χ1n) is 8.70. The monoisotopic (exact) mass is 472 g/mol. The van der Waals surface area contributed by atoms with Gasteiger partial charge >= 0.3 is 0 Å². The van der Waals surface area contributed by atoms with E-state index >= 15 is 0 Å². The number of nitrogens with zero attached hydrogens (tertiary/aromatic N) is 1. The molecule has 0 aliphatic carbocycles. The van der Waals surface area contributed by atoms with Crippen LogP contribution in [0, 0.1) is 0 Å². The van der Waals surface area contributed by atoms with E-state index in [4.69, 9.17) is 21.1 Å². The van der Waals surface area contributed by atoms with Crippen LogP contribution >= 0.6 is 27.5 Å². The summed E-state index contributed by atoms with van der Waals surface area (Å²) in [7, 11) is 1.56. The third-order valence-corrected chi connectivity index (χ3v) is 4.96. The molecule has 3 aromatic carbocycles. The summed E-state index contributed by atoms with van der Waals surface area (Å²) in [6.45, 7) is 0.301. The van der Waals surface area contributed by atoms with Crippen molar-refractivity contribution in [2.75, 3.05) is 7.11 Å². The number of nitrogens with one attached hydrogen (secondary N) is 1. The molecule has 3 rings (SSSR count). The minimum absolute atomic E-state index is 0.285. The smallest absolute Gasteiger partial charge is 0.271 e. The van der Waals surface area contributed by atoms with Crippen LogP contribution in [0.3, 0.4) is 0 Å². The lowest BCUT2D eigenvalue weighted by Gasteiger charge is -2.14. The van der Waals surface area contributed by atoms with Crippen LogP contribution in [0.15, 0.2) is 76.3 Å². The molecule has 0 aliphatic rings. The second-order valence-electron chi connectivity index (χ2n) is 5.98. The van der Waals surface area contributed by atoms with Crippen molar-refractivity contribution in [3.05, 3.63) is 92.9 Å². The van der Waals surface area contributed by atoms with Crippen molar-refractivity contribution in [2.24, 2.45) is 5.10 Å². The van der Waals surface area contributed by atoms with E-state index in [2.05, 4.69) is 26.5 Å². The number of hydrogen-bond donors (Lipinski definition) is 1. The van der Waals surface area contributed by atoms with Crippen LogP contribution in [-0.2, 0) is 6.61 Å². The van der Waals surface area contributed by atoms with Gasteiger partial charge in [0.15, 0.2) is 11.5 Å². The molecule has 0 radical (unpaired) electrons. The highest BCUT2D eigenvalue weighted by atomic mass is 79.9. The third kappa shape index (κ3) is 5.59. The third-order valence-electron chi connectivity index (χ3n) is 4.00. The minimum atomic E-state index is -0.285. The summed E-state index contributed by atoms with van der Waals surface area (Å²) in [6, 6.07) is 19.9. The highest BCUT2D eigenvalue weighted by molar-refractivity contribution is 9.10. The zero-order valence-corrected chi connectivity index (χ0v) is 17.9. The lowest BCUT2D eigenvalue weighted by atomic mass is 10.2. The number of methoxy groups -OCH3 is 1. The number of benzene rings is 3. The van der Waals surface area contributed by atoms with Crippen LogP contribution in [0.25, 0.3) is 0 Å². The number of hydrazone groups is 1. The topological polar surface area (TPSA) is 59.9 Å². The van der Waals surface area contributed by atoms with Gasteiger partial charge in [-0.05, 0) is 51.8 Å². The van der Waals surface area contributed by atoms with Crippen molar-refractivity contribution in [2.45, 2.75) is 6.61 Å². The first kappa shape index (κ1) is 20.9. The summed E-state index contributed by atoms with van der Waals surface area (Å²) >= 11 is 9.68. The molecule has 0 unspecified atom stereocenters. The maximum absolute atomic E-state index is 12.0. The Bertz CT molecular complexity index is 1030. The Hall–Kier alpha value is -2.83. The van der Waals surface area contributed by atoms with E-state index in [1.165, 1.54) is 6.21 Å². The van der Waals surface area contributed by atoms with Crippen LogP contribution in [0.1, 0.15) is 21.5 Å². The number of amides is 1. The van der Waals surface area contributed by atoms with Gasteiger partial charge in [-0.15, -0.1) is 0 Å². The van der Waals surface area contributed by atoms with Crippen LogP contribution < -0.4 is 14.9 Å². The lowest BCUT2D eigenvalue weighted by Crippen LogP contribution is -2.17. The van der Waals surface area contributed by atoms with E-state index in [1.54, 1.807) is 37.4 Å². The van der Waals surface area contributed by atoms with Gasteiger partial charge in [-0.1, -0.05) is 48.0 Å². The Morgan fingerprint density at radius 3 is 2.59 bits per heavy atom. The predicted molar refractivity (Wildman–Crippen MR) is 118 cm³/mol. The second-order valence-corrected chi connectivity index (χ2v) is 7.24. The summed E-state index contributed by atoms with van der Waals surface area (Å²) in [5, 5.41) is 4.65. The van der Waals surface area contributed by atoms with Crippen molar-refractivity contribution in [3.63, 3.8) is 0 Å². The largest absolute Gasteiger partial charge is 0.493 e. The normalized spacial score (nSPS) is 10.7. The number of ether oxygens (including phenoxy) is 2. The summed E-state index contributed by atoms with van der Waals surface area (Å²) in [5.74, 6) is 0.799. The lowest BCUT2D eigenvalue weighted by molar-refractivity contribution is 0.0955. The Balaban J connectivity index is 1.70. The molecule has 0 bridgehead atoms. The fourth-order valence-corrected chi connectivity index (χ4v) is 3.30. The van der Waals surface area contributed by atoms with Crippen molar-refractivity contribution >= 4 is 39.7 Å². The molecule has 0 aliphatic heterocycles. The van der Waals surface area contributed by atoms with Crippen molar-refractivity contribution < 1.29 is 14.3 Å². The number of hydrogen-bond acceptors (Lipinski definition) is 4. The molecule has 148 valence electrons. The molecule has 0 saturated carbocycles. The molecule has 0 spiro atoms. The van der Waals surface area contributed by atoms with Crippen LogP contribution in [-0.4, -0.2) is 19.2 Å². The molecule has 0 aromatic heterocycles. The number of carbonyl (C=O) groups is 1. The first-order chi connectivity index (χ1) is 14.1. The Morgan fingerprint density at radius 2 is 1.86 bits per heavy atom. The molecular weight excluding hydrogens is 456 g/mol. The molecule has 0 heterocycles. The van der Waals surface area contributed by atoms with E-state index in [9.17, 15) is 4.79 Å². The Morgan fingerprint density at radius 1 is 1.14 bits per heavy atom. The van der Waals surface area contributed by atoms with E-state index in [1.807, 2.05) is 36.4 Å². The standard InChI is InChI=1S/C22H18BrClN2O3/c1-28-20-12-15(13-25-26-22(27)16-7-3-2-4-8-16)11-18(23)21(20)29-14-17-9-5-6-10-19(17)24/h2-13H,14H2,1H3,(H,26,27)/b25-13-. The van der Waals surface area contributed by atoms with E-state index < -0.39 is 0 Å². The van der Waals surface area contributed by atoms with Gasteiger partial charge in [-0.2, -0.15) is 5.10 Å². The summed E-state index contributed by atoms with van der Waals surface area (Å²) in [5.41, 5.74) is 4.64. The molecule has 5 nitrogen and oxygen atoms in total. The van der Waals surface area contributed by atoms with E-state index in [0.717, 1.165) is 11.1 Å². The molecule has 0 atom stereocenters. The molecule has 1 amide bonds. The van der Waals surface area contributed by atoms with Crippen molar-refractivity contribution in [1.29, 1.82) is 0 Å². The van der Waals surface area contributed by atoms with Gasteiger partial charge in [0.1, 0.15) is 6.61 Å². The van der Waals surface area contributed by atoms with Gasteiger partial charge in [0.25, 0.3) is 5.91 Å². The Kier molecular flexibility index (Phi) is 7.27. The summed E-state index contributed by atoms with van der Waals surface area (Å²) < 4.78 is 12.1. The van der Waals surface area contributed by atoms with Crippen LogP contribution in [0.5, 0.6) is 11.5 Å². The fourth-order valence-electron chi connectivity index (χ4n) is 2.54. The fraction of sp³-hybridized carbons (Fsp3) is 0.0909. The second kappa shape index (κ2) is 10.1. The molecule has 0 fully saturated rings. The zero-order valence-electron chi connectivity index (χ0n) is 15.6. The summed E-state index contributed by atoms with van der Waals surface area (Å²) in [6.07, 6.45) is 1.53. The van der Waals surface area contributed by atoms with Gasteiger partial charge in [-0.3, -0.25) is 4.79 Å². The maximum Gasteiger partial charge on any atom is 0.271 e. The quantitative estimate of drug-likeness (QED) is 0.366. The molecule has 0 saturated heterocycles. The number of rotatable bonds is 7. The molecule has 7 heteroatoms. The van der Waals surface area contributed by atoms with Gasteiger partial charge in [0, 0.05) is 16.1 Å². The summed E-state index contributed by atoms with van der Waals surface area (Å²) in [4.78, 5) is 12.0. The van der Waals surface area contributed by atoms with Gasteiger partial charge in [0.05, 0.1) is 17.8 Å². The number of carbonyl (C=O) groups excluding carboxylic acids is 1. The van der Waals surface area contributed by atoms with Crippen molar-refractivity contribution in [1.82, 2.24) is 5.43 Å². The Labute approximate surface area is 182 Å². The van der Waals surface area contributed by atoms with E-state index in [0.29, 0.717) is 33.2 Å². The molecule has 3 aromatic rings. The SMILES string of the molecule is COc1cc(/C=N\NC(=O)c2ccccc2)cc(Br)c1OCc1ccccc1Cl. The average Bonchev–Trinajstić information content (AvgIpc) is 2.74. The highest BCUT2D eigenvalue weighted by Gasteiger charge is 2.12. The van der Waals surface area contributed by atoms with Gasteiger partial charge in [-0.25, -0.2) is 5.43 Å². The highest BCUT2D eigenvalue weighted by Crippen LogP contribution is 2.37. The van der Waals surface area contributed by atoms with Gasteiger partial charge < -0.3 is 9.47 Å². The molecular formula is C22H18BrClN2O3. The van der Waals surface area contributed by atoms with Crippen LogP contribution in [0.2, 0.25) is 5.02 Å². The minimum Gasteiger partial charge on any atom is -0.493 e. The predicted octanol–water partition coefficient (Wildman–Crippen LogP) is 5.45. The van der Waals surface area contributed by atoms with E-state index in [-0.39, 0.29) is 5.91 Å². The zero-order chi connectivity index (χ0) is 20.6. The molecule has 29 heavy (non-hydrogen) atoms. The average molecular weight is 474 g/mol. The van der Waals surface area contributed by atoms with Crippen molar-refractivity contribution in [3.8, 4) is 11.5 Å². The molecule has 1 N–H and O–H groups in total.